The number of rotatable bonds is 4. The third kappa shape index (κ3) is 3.73. The molecular weight excluding hydrogens is 375 g/mol. The fraction of sp³-hybridized carbons (Fsp3) is 0.105. The third-order valence-corrected chi connectivity index (χ3v) is 4.01. The Bertz CT molecular complexity index is 1170. The van der Waals surface area contributed by atoms with Crippen molar-refractivity contribution in [1.29, 1.82) is 0 Å². The highest BCUT2D eigenvalue weighted by Crippen LogP contribution is 2.28. The van der Waals surface area contributed by atoms with Gasteiger partial charge in [-0.3, -0.25) is 4.57 Å². The molecule has 0 N–H and O–H groups in total. The van der Waals surface area contributed by atoms with Crippen LogP contribution in [0.1, 0.15) is 5.82 Å². The SMILES string of the molecule is O=c1oc2ccc(-c3ccc(OC(F)(F)F)cc3)cc2n1Cc1ncccn1. The minimum atomic E-state index is -4.74. The molecule has 2 aromatic heterocycles. The zero-order valence-corrected chi connectivity index (χ0v) is 14.2. The first-order chi connectivity index (χ1) is 13.4. The fourth-order valence-electron chi connectivity index (χ4n) is 2.79. The number of hydrogen-bond donors (Lipinski definition) is 0. The number of fused-ring (bicyclic) bond motifs is 1. The highest BCUT2D eigenvalue weighted by atomic mass is 19.4. The van der Waals surface area contributed by atoms with Crippen molar-refractivity contribution in [3.05, 3.63) is 77.3 Å². The van der Waals surface area contributed by atoms with Crippen molar-refractivity contribution in [3.8, 4) is 16.9 Å². The van der Waals surface area contributed by atoms with Gasteiger partial charge in [-0.1, -0.05) is 18.2 Å². The summed E-state index contributed by atoms with van der Waals surface area (Å²) in [6, 6.07) is 12.2. The molecule has 0 saturated heterocycles. The molecule has 2 heterocycles. The lowest BCUT2D eigenvalue weighted by Gasteiger charge is -2.09. The smallest absolute Gasteiger partial charge is 0.408 e. The zero-order valence-electron chi connectivity index (χ0n) is 14.2. The van der Waals surface area contributed by atoms with Crippen LogP contribution in [0.25, 0.3) is 22.2 Å². The molecule has 0 unspecified atom stereocenters. The monoisotopic (exact) mass is 387 g/mol. The van der Waals surface area contributed by atoms with Crippen molar-refractivity contribution < 1.29 is 22.3 Å². The standard InChI is InChI=1S/C19H12F3N3O3/c20-19(21,22)28-14-5-2-12(3-6-14)13-4-7-16-15(10-13)25(18(26)27-16)11-17-23-8-1-9-24-17/h1-10H,11H2. The van der Waals surface area contributed by atoms with Crippen LogP contribution in [0, 0.1) is 0 Å². The van der Waals surface area contributed by atoms with E-state index in [9.17, 15) is 18.0 Å². The normalized spacial score (nSPS) is 11.7. The summed E-state index contributed by atoms with van der Waals surface area (Å²) in [6.07, 6.45) is -1.59. The summed E-state index contributed by atoms with van der Waals surface area (Å²) in [6.45, 7) is 0.133. The molecule has 6 nitrogen and oxygen atoms in total. The molecule has 28 heavy (non-hydrogen) atoms. The predicted molar refractivity (Wildman–Crippen MR) is 93.7 cm³/mol. The lowest BCUT2D eigenvalue weighted by Crippen LogP contribution is -2.16. The highest BCUT2D eigenvalue weighted by molar-refractivity contribution is 5.80. The summed E-state index contributed by atoms with van der Waals surface area (Å²) in [5.41, 5.74) is 2.29. The van der Waals surface area contributed by atoms with Gasteiger partial charge in [0.1, 0.15) is 11.6 Å². The molecule has 0 radical (unpaired) electrons. The van der Waals surface area contributed by atoms with E-state index in [1.54, 1.807) is 36.7 Å². The van der Waals surface area contributed by atoms with E-state index in [-0.39, 0.29) is 12.3 Å². The second-order valence-electron chi connectivity index (χ2n) is 5.87. The Morgan fingerprint density at radius 2 is 1.68 bits per heavy atom. The Balaban J connectivity index is 1.69. The van der Waals surface area contributed by atoms with Gasteiger partial charge in [0, 0.05) is 12.4 Å². The summed E-state index contributed by atoms with van der Waals surface area (Å²) in [7, 11) is 0. The second kappa shape index (κ2) is 6.84. The molecular formula is C19H12F3N3O3. The maximum atomic E-state index is 12.3. The van der Waals surface area contributed by atoms with Crippen molar-refractivity contribution in [2.45, 2.75) is 12.9 Å². The first-order valence-corrected chi connectivity index (χ1v) is 8.14. The average molecular weight is 387 g/mol. The van der Waals surface area contributed by atoms with Crippen LogP contribution in [0.4, 0.5) is 13.2 Å². The van der Waals surface area contributed by atoms with Gasteiger partial charge in [0.2, 0.25) is 0 Å². The number of oxazole rings is 1. The van der Waals surface area contributed by atoms with E-state index in [0.717, 1.165) is 0 Å². The Hall–Kier alpha value is -3.62. The molecule has 0 fully saturated rings. The molecule has 2 aromatic carbocycles. The highest BCUT2D eigenvalue weighted by Gasteiger charge is 2.30. The Labute approximate surface area is 155 Å². The Morgan fingerprint density at radius 1 is 1.00 bits per heavy atom. The molecule has 0 aliphatic carbocycles. The van der Waals surface area contributed by atoms with Crippen LogP contribution >= 0.6 is 0 Å². The lowest BCUT2D eigenvalue weighted by molar-refractivity contribution is -0.274. The lowest BCUT2D eigenvalue weighted by atomic mass is 10.1. The van der Waals surface area contributed by atoms with Crippen LogP contribution in [0.3, 0.4) is 0 Å². The molecule has 0 spiro atoms. The van der Waals surface area contributed by atoms with E-state index in [1.807, 2.05) is 0 Å². The molecule has 4 aromatic rings. The summed E-state index contributed by atoms with van der Waals surface area (Å²) in [5, 5.41) is 0. The van der Waals surface area contributed by atoms with Crippen molar-refractivity contribution >= 4 is 11.1 Å². The van der Waals surface area contributed by atoms with Crippen LogP contribution in [-0.4, -0.2) is 20.9 Å². The molecule has 0 aliphatic rings. The molecule has 9 heteroatoms. The first-order valence-electron chi connectivity index (χ1n) is 8.14. The number of nitrogens with zero attached hydrogens (tertiary/aromatic N) is 3. The topological polar surface area (TPSA) is 70.2 Å². The largest absolute Gasteiger partial charge is 0.573 e. The number of halogens is 3. The van der Waals surface area contributed by atoms with Crippen molar-refractivity contribution in [3.63, 3.8) is 0 Å². The maximum Gasteiger partial charge on any atom is 0.573 e. The molecule has 142 valence electrons. The minimum Gasteiger partial charge on any atom is -0.408 e. The summed E-state index contributed by atoms with van der Waals surface area (Å²) >= 11 is 0. The number of alkyl halides is 3. The predicted octanol–water partition coefficient (Wildman–Crippen LogP) is 4.00. The zero-order chi connectivity index (χ0) is 19.7. The van der Waals surface area contributed by atoms with Crippen molar-refractivity contribution in [2.24, 2.45) is 0 Å². The van der Waals surface area contributed by atoms with Crippen molar-refractivity contribution in [1.82, 2.24) is 14.5 Å². The van der Waals surface area contributed by atoms with Gasteiger partial charge in [0.05, 0.1) is 12.1 Å². The molecule has 0 amide bonds. The second-order valence-corrected chi connectivity index (χ2v) is 5.87. The molecule has 0 aliphatic heterocycles. The molecule has 0 bridgehead atoms. The van der Waals surface area contributed by atoms with Gasteiger partial charge in [-0.25, -0.2) is 14.8 Å². The van der Waals surface area contributed by atoms with E-state index < -0.39 is 12.1 Å². The average Bonchev–Trinajstić information content (AvgIpc) is 2.97. The van der Waals surface area contributed by atoms with Crippen LogP contribution in [0.15, 0.2) is 70.1 Å². The number of aromatic nitrogens is 3. The molecule has 0 saturated carbocycles. The number of benzene rings is 2. The molecule has 0 atom stereocenters. The van der Waals surface area contributed by atoms with Gasteiger partial charge in [0.15, 0.2) is 5.58 Å². The van der Waals surface area contributed by atoms with E-state index in [2.05, 4.69) is 14.7 Å². The summed E-state index contributed by atoms with van der Waals surface area (Å²) in [4.78, 5) is 20.4. The van der Waals surface area contributed by atoms with Crippen LogP contribution in [0.5, 0.6) is 5.75 Å². The van der Waals surface area contributed by atoms with Gasteiger partial charge in [0.25, 0.3) is 0 Å². The van der Waals surface area contributed by atoms with E-state index in [0.29, 0.717) is 28.1 Å². The molecule has 4 rings (SSSR count). The van der Waals surface area contributed by atoms with E-state index in [1.165, 1.54) is 28.8 Å². The van der Waals surface area contributed by atoms with E-state index >= 15 is 0 Å². The van der Waals surface area contributed by atoms with Gasteiger partial charge in [-0.2, -0.15) is 0 Å². The number of ether oxygens (including phenoxy) is 1. The van der Waals surface area contributed by atoms with Crippen LogP contribution in [0.2, 0.25) is 0 Å². The number of hydrogen-bond acceptors (Lipinski definition) is 5. The summed E-state index contributed by atoms with van der Waals surface area (Å²) < 4.78 is 47.4. The van der Waals surface area contributed by atoms with Gasteiger partial charge in [-0.15, -0.1) is 13.2 Å². The Morgan fingerprint density at radius 3 is 2.36 bits per heavy atom. The summed E-state index contributed by atoms with van der Waals surface area (Å²) in [5.74, 6) is -0.404. The maximum absolute atomic E-state index is 12.3. The van der Waals surface area contributed by atoms with Gasteiger partial charge >= 0.3 is 12.1 Å². The Kier molecular flexibility index (Phi) is 4.34. The van der Waals surface area contributed by atoms with E-state index in [4.69, 9.17) is 4.42 Å². The fourth-order valence-corrected chi connectivity index (χ4v) is 2.79. The first kappa shape index (κ1) is 17.8. The minimum absolute atomic E-state index is 0.133. The quantitative estimate of drug-likeness (QED) is 0.529. The van der Waals surface area contributed by atoms with Gasteiger partial charge in [-0.05, 0) is 41.5 Å². The van der Waals surface area contributed by atoms with Gasteiger partial charge < -0.3 is 9.15 Å². The van der Waals surface area contributed by atoms with Crippen molar-refractivity contribution in [2.75, 3.05) is 0 Å². The van der Waals surface area contributed by atoms with Crippen LogP contribution < -0.4 is 10.5 Å². The van der Waals surface area contributed by atoms with Crippen LogP contribution in [-0.2, 0) is 6.54 Å². The third-order valence-electron chi connectivity index (χ3n) is 4.01.